The molecule has 5 nitrogen and oxygen atoms in total. The fourth-order valence-electron chi connectivity index (χ4n) is 4.61. The summed E-state index contributed by atoms with van der Waals surface area (Å²) in [4.78, 5) is 15.2. The smallest absolute Gasteiger partial charge is 0.231 e. The van der Waals surface area contributed by atoms with Gasteiger partial charge in [-0.15, -0.1) is 0 Å². The van der Waals surface area contributed by atoms with Gasteiger partial charge in [-0.2, -0.15) is 0 Å². The highest BCUT2D eigenvalue weighted by Gasteiger charge is 2.35. The molecule has 0 N–H and O–H groups in total. The molecule has 2 aliphatic heterocycles. The Morgan fingerprint density at radius 1 is 0.967 bits per heavy atom. The van der Waals surface area contributed by atoms with E-state index in [0.717, 1.165) is 49.9 Å². The Bertz CT molecular complexity index is 975. The first-order chi connectivity index (χ1) is 14.5. The molecule has 0 aromatic heterocycles. The summed E-state index contributed by atoms with van der Waals surface area (Å²) in [5, 5.41) is 0. The lowest BCUT2D eigenvalue weighted by atomic mass is 9.95. The third-order valence-corrected chi connectivity index (χ3v) is 8.14. The lowest BCUT2D eigenvalue weighted by Crippen LogP contribution is -2.48. The highest BCUT2D eigenvalue weighted by Crippen LogP contribution is 2.30. The second-order valence-electron chi connectivity index (χ2n) is 8.32. The van der Waals surface area contributed by atoms with Crippen molar-refractivity contribution in [2.24, 2.45) is 5.92 Å². The first kappa shape index (κ1) is 21.1. The topological polar surface area (TPSA) is 57.7 Å². The van der Waals surface area contributed by atoms with Gasteiger partial charge in [0.2, 0.25) is 15.9 Å². The predicted molar refractivity (Wildman–Crippen MR) is 120 cm³/mol. The molecule has 2 aromatic carbocycles. The number of benzene rings is 2. The third kappa shape index (κ3) is 4.76. The molecule has 30 heavy (non-hydrogen) atoms. The minimum Gasteiger partial charge on any atom is -0.312 e. The maximum atomic E-state index is 13.3. The maximum Gasteiger partial charge on any atom is 0.231 e. The maximum absolute atomic E-state index is 13.3. The summed E-state index contributed by atoms with van der Waals surface area (Å²) in [6.45, 7) is 1.55. The van der Waals surface area contributed by atoms with Crippen LogP contribution < -0.4 is 4.90 Å². The van der Waals surface area contributed by atoms with Gasteiger partial charge < -0.3 is 4.90 Å². The van der Waals surface area contributed by atoms with Crippen LogP contribution in [0, 0.1) is 5.92 Å². The van der Waals surface area contributed by atoms with Crippen molar-refractivity contribution in [3.8, 4) is 0 Å². The molecule has 0 radical (unpaired) electrons. The standard InChI is InChI=1S/C24H30N2O3S/c27-24(26-17-7-13-21-12-4-5-15-23(21)26)22-14-6-16-25(19-22)30(28,29)18-8-11-20-9-2-1-3-10-20/h1-5,9-10,12,15,22H,6-8,11,13-14,16-19H2/t22-/m0/s1. The molecule has 160 valence electrons. The van der Waals surface area contributed by atoms with Crippen LogP contribution in [0.4, 0.5) is 5.69 Å². The number of piperidine rings is 1. The molecular weight excluding hydrogens is 396 g/mol. The number of hydrogen-bond donors (Lipinski definition) is 0. The van der Waals surface area contributed by atoms with Gasteiger partial charge in [0.15, 0.2) is 0 Å². The van der Waals surface area contributed by atoms with Gasteiger partial charge in [-0.05, 0) is 55.7 Å². The first-order valence-corrected chi connectivity index (χ1v) is 12.6. The highest BCUT2D eigenvalue weighted by atomic mass is 32.2. The lowest BCUT2D eigenvalue weighted by molar-refractivity contribution is -0.123. The molecule has 0 bridgehead atoms. The number of rotatable bonds is 6. The van der Waals surface area contributed by atoms with Crippen molar-refractivity contribution in [1.82, 2.24) is 4.31 Å². The van der Waals surface area contributed by atoms with Gasteiger partial charge in [0.25, 0.3) is 0 Å². The number of para-hydroxylation sites is 1. The molecule has 1 fully saturated rings. The first-order valence-electron chi connectivity index (χ1n) is 11.0. The number of carbonyl (C=O) groups excluding carboxylic acids is 1. The van der Waals surface area contributed by atoms with Gasteiger partial charge >= 0.3 is 0 Å². The van der Waals surface area contributed by atoms with Crippen LogP contribution in [0.3, 0.4) is 0 Å². The lowest BCUT2D eigenvalue weighted by Gasteiger charge is -2.36. The van der Waals surface area contributed by atoms with Gasteiger partial charge in [0.1, 0.15) is 0 Å². The minimum atomic E-state index is -3.35. The van der Waals surface area contributed by atoms with E-state index >= 15 is 0 Å². The number of nitrogens with zero attached hydrogens (tertiary/aromatic N) is 2. The van der Waals surface area contributed by atoms with Crippen LogP contribution in [0.5, 0.6) is 0 Å². The van der Waals surface area contributed by atoms with Gasteiger partial charge in [0.05, 0.1) is 11.7 Å². The van der Waals surface area contributed by atoms with Crippen LogP contribution in [0.2, 0.25) is 0 Å². The van der Waals surface area contributed by atoms with Crippen LogP contribution in [0.15, 0.2) is 54.6 Å². The number of amides is 1. The summed E-state index contributed by atoms with van der Waals surface area (Å²) < 4.78 is 27.4. The highest BCUT2D eigenvalue weighted by molar-refractivity contribution is 7.89. The molecule has 0 aliphatic carbocycles. The van der Waals surface area contributed by atoms with E-state index in [4.69, 9.17) is 0 Å². The van der Waals surface area contributed by atoms with E-state index in [1.165, 1.54) is 5.56 Å². The van der Waals surface area contributed by atoms with E-state index in [1.807, 2.05) is 53.4 Å². The molecule has 1 saturated heterocycles. The second-order valence-corrected chi connectivity index (χ2v) is 10.4. The molecule has 1 atom stereocenters. The summed E-state index contributed by atoms with van der Waals surface area (Å²) in [6.07, 6.45) is 4.79. The Hall–Kier alpha value is -2.18. The molecule has 6 heteroatoms. The summed E-state index contributed by atoms with van der Waals surface area (Å²) in [6, 6.07) is 18.0. The van der Waals surface area contributed by atoms with E-state index < -0.39 is 10.0 Å². The van der Waals surface area contributed by atoms with Gasteiger partial charge in [-0.25, -0.2) is 12.7 Å². The average molecular weight is 427 g/mol. The SMILES string of the molecule is O=C([C@H]1CCCN(S(=O)(=O)CCCc2ccccc2)C1)N1CCCc2ccccc21. The number of anilines is 1. The molecule has 2 heterocycles. The minimum absolute atomic E-state index is 0.0753. The Morgan fingerprint density at radius 2 is 1.73 bits per heavy atom. The van der Waals surface area contributed by atoms with E-state index in [0.29, 0.717) is 19.5 Å². The molecule has 0 saturated carbocycles. The molecule has 2 aliphatic rings. The predicted octanol–water partition coefficient (Wildman–Crippen LogP) is 3.64. The van der Waals surface area contributed by atoms with Crippen LogP contribution in [0.25, 0.3) is 0 Å². The quantitative estimate of drug-likeness (QED) is 0.709. The van der Waals surface area contributed by atoms with E-state index in [1.54, 1.807) is 4.31 Å². The average Bonchev–Trinajstić information content (AvgIpc) is 2.79. The largest absolute Gasteiger partial charge is 0.312 e. The number of carbonyl (C=O) groups is 1. The molecular formula is C24H30N2O3S. The Morgan fingerprint density at radius 3 is 2.57 bits per heavy atom. The normalized spacial score (nSPS) is 20.0. The number of sulfonamides is 1. The van der Waals surface area contributed by atoms with Crippen molar-refractivity contribution in [3.05, 3.63) is 65.7 Å². The molecule has 4 rings (SSSR count). The van der Waals surface area contributed by atoms with Gasteiger partial charge in [-0.3, -0.25) is 4.79 Å². The number of hydrogen-bond acceptors (Lipinski definition) is 3. The Balaban J connectivity index is 1.38. The molecule has 0 unspecified atom stereocenters. The second kappa shape index (κ2) is 9.31. The summed E-state index contributed by atoms with van der Waals surface area (Å²) >= 11 is 0. The Labute approximate surface area is 179 Å². The third-order valence-electron chi connectivity index (χ3n) is 6.21. The summed E-state index contributed by atoms with van der Waals surface area (Å²) in [7, 11) is -3.35. The molecule has 2 aromatic rings. The Kier molecular flexibility index (Phi) is 6.54. The summed E-state index contributed by atoms with van der Waals surface area (Å²) in [5.74, 6) is -0.0461. The van der Waals surface area contributed by atoms with E-state index in [2.05, 4.69) is 6.07 Å². The zero-order valence-corrected chi connectivity index (χ0v) is 18.2. The van der Waals surface area contributed by atoms with E-state index in [-0.39, 0.29) is 17.6 Å². The van der Waals surface area contributed by atoms with Crippen LogP contribution >= 0.6 is 0 Å². The monoisotopic (exact) mass is 426 g/mol. The van der Waals surface area contributed by atoms with Crippen LogP contribution in [0.1, 0.15) is 36.8 Å². The number of aryl methyl sites for hydroxylation is 2. The van der Waals surface area contributed by atoms with E-state index in [9.17, 15) is 13.2 Å². The van der Waals surface area contributed by atoms with Crippen molar-refractivity contribution >= 4 is 21.6 Å². The van der Waals surface area contributed by atoms with Crippen molar-refractivity contribution in [2.45, 2.75) is 38.5 Å². The van der Waals surface area contributed by atoms with Crippen molar-refractivity contribution in [2.75, 3.05) is 30.3 Å². The molecule has 1 amide bonds. The van der Waals surface area contributed by atoms with Crippen LogP contribution in [-0.2, 0) is 27.7 Å². The zero-order valence-electron chi connectivity index (χ0n) is 17.4. The van der Waals surface area contributed by atoms with Crippen molar-refractivity contribution in [3.63, 3.8) is 0 Å². The summed E-state index contributed by atoms with van der Waals surface area (Å²) in [5.41, 5.74) is 3.36. The number of fused-ring (bicyclic) bond motifs is 1. The van der Waals surface area contributed by atoms with Crippen molar-refractivity contribution in [1.29, 1.82) is 0 Å². The van der Waals surface area contributed by atoms with Crippen LogP contribution in [-0.4, -0.2) is 44.0 Å². The molecule has 0 spiro atoms. The fourth-order valence-corrected chi connectivity index (χ4v) is 6.19. The van der Waals surface area contributed by atoms with Crippen molar-refractivity contribution < 1.29 is 13.2 Å². The fraction of sp³-hybridized carbons (Fsp3) is 0.458. The van der Waals surface area contributed by atoms with Gasteiger partial charge in [-0.1, -0.05) is 48.5 Å². The zero-order chi connectivity index (χ0) is 21.0. The van der Waals surface area contributed by atoms with Gasteiger partial charge in [0, 0.05) is 25.3 Å².